The molecule has 0 aromatic rings. The van der Waals surface area contributed by atoms with E-state index < -0.39 is 0 Å². The molecule has 172 valence electrons. The SMILES string of the molecule is CCCCCCCCCCCCCCCCCCCCCCN(C)C(C)C.Cl. The fourth-order valence-corrected chi connectivity index (χ4v) is 3.87. The molecule has 0 aromatic carbocycles. The Morgan fingerprint density at radius 3 is 0.964 bits per heavy atom. The molecule has 0 fully saturated rings. The minimum atomic E-state index is 0. The van der Waals surface area contributed by atoms with Crippen LogP contribution in [0.25, 0.3) is 0 Å². The molecule has 0 rings (SSSR count). The van der Waals surface area contributed by atoms with Gasteiger partial charge in [0.15, 0.2) is 0 Å². The van der Waals surface area contributed by atoms with E-state index in [0.29, 0.717) is 6.04 Å². The van der Waals surface area contributed by atoms with Crippen LogP contribution in [0.4, 0.5) is 0 Å². The van der Waals surface area contributed by atoms with Crippen molar-refractivity contribution in [3.63, 3.8) is 0 Å². The van der Waals surface area contributed by atoms with E-state index in [-0.39, 0.29) is 12.4 Å². The van der Waals surface area contributed by atoms with Crippen LogP contribution < -0.4 is 0 Å². The van der Waals surface area contributed by atoms with Gasteiger partial charge in [0.1, 0.15) is 0 Å². The van der Waals surface area contributed by atoms with Crippen LogP contribution in [-0.4, -0.2) is 24.5 Å². The van der Waals surface area contributed by atoms with Gasteiger partial charge in [0, 0.05) is 6.04 Å². The van der Waals surface area contributed by atoms with Crippen LogP contribution in [0.1, 0.15) is 149 Å². The number of hydrogen-bond donors (Lipinski definition) is 0. The first-order valence-electron chi connectivity index (χ1n) is 12.9. The lowest BCUT2D eigenvalue weighted by Gasteiger charge is -2.20. The Kier molecular flexibility index (Phi) is 27.5. The van der Waals surface area contributed by atoms with E-state index in [1.165, 1.54) is 135 Å². The molecule has 0 saturated carbocycles. The first-order chi connectivity index (χ1) is 13.2. The van der Waals surface area contributed by atoms with Crippen molar-refractivity contribution in [2.45, 2.75) is 155 Å². The second kappa shape index (κ2) is 25.3. The zero-order chi connectivity index (χ0) is 20.0. The summed E-state index contributed by atoms with van der Waals surface area (Å²) in [6.45, 7) is 8.15. The highest BCUT2D eigenvalue weighted by atomic mass is 35.5. The summed E-state index contributed by atoms with van der Waals surface area (Å²) in [7, 11) is 2.25. The van der Waals surface area contributed by atoms with Gasteiger partial charge in [0.2, 0.25) is 0 Å². The van der Waals surface area contributed by atoms with Crippen molar-refractivity contribution in [2.24, 2.45) is 0 Å². The van der Waals surface area contributed by atoms with Gasteiger partial charge in [0.25, 0.3) is 0 Å². The molecule has 0 saturated heterocycles. The third kappa shape index (κ3) is 24.3. The molecule has 1 nitrogen and oxygen atoms in total. The van der Waals surface area contributed by atoms with Crippen molar-refractivity contribution < 1.29 is 0 Å². The predicted octanol–water partition coefficient (Wildman–Crippen LogP) is 9.57. The average Bonchev–Trinajstić information content (AvgIpc) is 2.66. The zero-order valence-electron chi connectivity index (χ0n) is 20.3. The molecule has 0 aliphatic rings. The third-order valence-corrected chi connectivity index (χ3v) is 6.25. The molecule has 28 heavy (non-hydrogen) atoms. The molecule has 0 radical (unpaired) electrons. The molecule has 0 aromatic heterocycles. The highest BCUT2D eigenvalue weighted by molar-refractivity contribution is 5.85. The van der Waals surface area contributed by atoms with Crippen molar-refractivity contribution in [1.29, 1.82) is 0 Å². The lowest BCUT2D eigenvalue weighted by Crippen LogP contribution is -2.27. The van der Waals surface area contributed by atoms with Crippen LogP contribution in [0.15, 0.2) is 0 Å². The molecule has 0 N–H and O–H groups in total. The van der Waals surface area contributed by atoms with E-state index in [9.17, 15) is 0 Å². The van der Waals surface area contributed by atoms with Gasteiger partial charge in [-0.2, -0.15) is 0 Å². The maximum Gasteiger partial charge on any atom is 0.00355 e. The predicted molar refractivity (Wildman–Crippen MR) is 133 cm³/mol. The van der Waals surface area contributed by atoms with Gasteiger partial charge >= 0.3 is 0 Å². The molecule has 0 aliphatic heterocycles. The molecular formula is C26H56ClN. The zero-order valence-corrected chi connectivity index (χ0v) is 21.1. The second-order valence-electron chi connectivity index (χ2n) is 9.29. The lowest BCUT2D eigenvalue weighted by molar-refractivity contribution is 0.267. The van der Waals surface area contributed by atoms with E-state index in [1.54, 1.807) is 0 Å². The minimum Gasteiger partial charge on any atom is -0.304 e. The van der Waals surface area contributed by atoms with Crippen LogP contribution in [0.5, 0.6) is 0 Å². The Balaban J connectivity index is 0. The van der Waals surface area contributed by atoms with Crippen molar-refractivity contribution >= 4 is 12.4 Å². The monoisotopic (exact) mass is 417 g/mol. The Bertz CT molecular complexity index is 267. The summed E-state index contributed by atoms with van der Waals surface area (Å²) < 4.78 is 0. The van der Waals surface area contributed by atoms with Crippen molar-refractivity contribution in [1.82, 2.24) is 4.90 Å². The van der Waals surface area contributed by atoms with Crippen LogP contribution in [0.2, 0.25) is 0 Å². The van der Waals surface area contributed by atoms with Crippen LogP contribution in [0, 0.1) is 0 Å². The Hall–Kier alpha value is 0.250. The van der Waals surface area contributed by atoms with Crippen LogP contribution in [0.3, 0.4) is 0 Å². The lowest BCUT2D eigenvalue weighted by atomic mass is 10.0. The average molecular weight is 418 g/mol. The van der Waals surface area contributed by atoms with Crippen LogP contribution in [-0.2, 0) is 0 Å². The highest BCUT2D eigenvalue weighted by Gasteiger charge is 2.01. The standard InChI is InChI=1S/C26H55N.ClH/c1-5-6-7-8-9-10-11-12-13-14-15-16-17-18-19-20-21-22-23-24-25-27(4)26(2)3;/h26H,5-25H2,1-4H3;1H. The van der Waals surface area contributed by atoms with Gasteiger partial charge in [-0.25, -0.2) is 0 Å². The number of nitrogens with zero attached hydrogens (tertiary/aromatic N) is 1. The molecular weight excluding hydrogens is 362 g/mol. The topological polar surface area (TPSA) is 3.24 Å². The van der Waals surface area contributed by atoms with E-state index >= 15 is 0 Å². The summed E-state index contributed by atoms with van der Waals surface area (Å²) in [5.74, 6) is 0. The summed E-state index contributed by atoms with van der Waals surface area (Å²) in [5, 5.41) is 0. The molecule has 0 heterocycles. The number of halogens is 1. The smallest absolute Gasteiger partial charge is 0.00355 e. The Morgan fingerprint density at radius 1 is 0.464 bits per heavy atom. The van der Waals surface area contributed by atoms with E-state index in [0.717, 1.165) is 0 Å². The maximum atomic E-state index is 2.47. The molecule has 0 unspecified atom stereocenters. The number of unbranched alkanes of at least 4 members (excludes halogenated alkanes) is 19. The summed E-state index contributed by atoms with van der Waals surface area (Å²) in [6.07, 6.45) is 29.3. The molecule has 2 heteroatoms. The van der Waals surface area contributed by atoms with Gasteiger partial charge in [-0.3, -0.25) is 0 Å². The van der Waals surface area contributed by atoms with Crippen molar-refractivity contribution in [3.8, 4) is 0 Å². The molecule has 0 amide bonds. The Morgan fingerprint density at radius 2 is 0.714 bits per heavy atom. The summed E-state index contributed by atoms with van der Waals surface area (Å²) in [6, 6.07) is 0.699. The normalized spacial score (nSPS) is 11.4. The molecule has 0 bridgehead atoms. The third-order valence-electron chi connectivity index (χ3n) is 6.25. The first-order valence-corrected chi connectivity index (χ1v) is 12.9. The second-order valence-corrected chi connectivity index (χ2v) is 9.29. The van der Waals surface area contributed by atoms with Gasteiger partial charge in [-0.05, 0) is 33.9 Å². The van der Waals surface area contributed by atoms with Gasteiger partial charge in [0.05, 0.1) is 0 Å². The highest BCUT2D eigenvalue weighted by Crippen LogP contribution is 2.14. The van der Waals surface area contributed by atoms with Gasteiger partial charge in [-0.1, -0.05) is 129 Å². The molecule has 0 aliphatic carbocycles. The summed E-state index contributed by atoms with van der Waals surface area (Å²) >= 11 is 0. The van der Waals surface area contributed by atoms with Crippen molar-refractivity contribution in [2.75, 3.05) is 13.6 Å². The quantitative estimate of drug-likeness (QED) is 0.158. The maximum absolute atomic E-state index is 2.47. The molecule has 0 spiro atoms. The summed E-state index contributed by atoms with van der Waals surface area (Å²) in [4.78, 5) is 2.47. The number of rotatable bonds is 22. The van der Waals surface area contributed by atoms with E-state index in [4.69, 9.17) is 0 Å². The fraction of sp³-hybridized carbons (Fsp3) is 1.00. The number of hydrogen-bond acceptors (Lipinski definition) is 1. The summed E-state index contributed by atoms with van der Waals surface area (Å²) in [5.41, 5.74) is 0. The van der Waals surface area contributed by atoms with E-state index in [2.05, 4.69) is 32.7 Å². The first kappa shape index (κ1) is 30.4. The fourth-order valence-electron chi connectivity index (χ4n) is 3.87. The van der Waals surface area contributed by atoms with Crippen LogP contribution >= 0.6 is 12.4 Å². The largest absolute Gasteiger partial charge is 0.304 e. The van der Waals surface area contributed by atoms with Crippen molar-refractivity contribution in [3.05, 3.63) is 0 Å². The Labute approximate surface area is 186 Å². The van der Waals surface area contributed by atoms with Gasteiger partial charge in [-0.15, -0.1) is 12.4 Å². The minimum absolute atomic E-state index is 0. The van der Waals surface area contributed by atoms with E-state index in [1.807, 2.05) is 0 Å². The molecule has 0 atom stereocenters. The van der Waals surface area contributed by atoms with Gasteiger partial charge < -0.3 is 4.90 Å².